The van der Waals surface area contributed by atoms with E-state index in [1.807, 2.05) is 13.8 Å². The van der Waals surface area contributed by atoms with E-state index in [4.69, 9.17) is 5.11 Å². The van der Waals surface area contributed by atoms with Crippen LogP contribution in [0.15, 0.2) is 0 Å². The first-order valence-electron chi connectivity index (χ1n) is 1.88. The number of rotatable bonds is 1. The Morgan fingerprint density at radius 2 is 1.22 bits per heavy atom. The van der Waals surface area contributed by atoms with Crippen LogP contribution < -0.4 is 37.2 Å². The van der Waals surface area contributed by atoms with Crippen molar-refractivity contribution in [2.45, 2.75) is 13.8 Å². The van der Waals surface area contributed by atoms with Gasteiger partial charge in [0.1, 0.15) is 0 Å². The van der Waals surface area contributed by atoms with Crippen molar-refractivity contribution >= 4 is 0 Å². The van der Waals surface area contributed by atoms with Gasteiger partial charge in [-0.15, -0.1) is 0 Å². The fourth-order valence-corrected chi connectivity index (χ4v) is 0. The summed E-state index contributed by atoms with van der Waals surface area (Å²) in [4.78, 5) is 0. The minimum Gasteiger partial charge on any atom is -1.00 e. The summed E-state index contributed by atoms with van der Waals surface area (Å²) in [5, 5.41) is 8.14. The Balaban J connectivity index is -0.0000000133. The molecular weight excluding hydrogens is 218 g/mol. The van der Waals surface area contributed by atoms with E-state index in [1.165, 1.54) is 0 Å². The summed E-state index contributed by atoms with van der Waals surface area (Å²) in [5.41, 5.74) is 0. The van der Waals surface area contributed by atoms with Crippen molar-refractivity contribution in [3.8, 4) is 0 Å². The van der Waals surface area contributed by atoms with Gasteiger partial charge in [-0.2, -0.15) is 0 Å². The van der Waals surface area contributed by atoms with Crippen molar-refractivity contribution in [1.29, 1.82) is 0 Å². The van der Waals surface area contributed by atoms with Crippen molar-refractivity contribution in [3.05, 3.63) is 0 Å². The van der Waals surface area contributed by atoms with E-state index in [1.54, 1.807) is 0 Å². The Morgan fingerprint density at radius 1 is 1.11 bits per heavy atom. The Kier molecular flexibility index (Phi) is 78.7. The van der Waals surface area contributed by atoms with E-state index in [-0.39, 0.29) is 58.9 Å². The second-order valence-corrected chi connectivity index (χ2v) is 1.58. The molecule has 1 nitrogen and oxygen atoms in total. The van der Waals surface area contributed by atoms with Crippen molar-refractivity contribution in [1.82, 2.24) is 0 Å². The SMILES string of the molecule is CC(C)CO.[Cl-].[Cl-].[Cl-].[Ti+3]. The molecule has 1 N–H and O–H groups in total. The molecule has 0 aromatic heterocycles. The molecule has 0 rings (SSSR count). The molecule has 0 bridgehead atoms. The molecule has 5 heteroatoms. The normalized spacial score (nSPS) is 5.33. The molecule has 9 heavy (non-hydrogen) atoms. The Bertz CT molecular complexity index is 29.8. The monoisotopic (exact) mass is 227 g/mol. The van der Waals surface area contributed by atoms with Gasteiger partial charge in [0.15, 0.2) is 0 Å². The largest absolute Gasteiger partial charge is 3.00 e. The molecule has 0 unspecified atom stereocenters. The van der Waals surface area contributed by atoms with Crippen LogP contribution in [-0.2, 0) is 21.7 Å². The molecule has 0 saturated heterocycles. The molecular formula is C4H10Cl3OTi. The number of aliphatic hydroxyl groups excluding tert-OH is 1. The van der Waals surface area contributed by atoms with E-state index >= 15 is 0 Å². The van der Waals surface area contributed by atoms with Crippen LogP contribution in [0.4, 0.5) is 0 Å². The van der Waals surface area contributed by atoms with Crippen LogP contribution in [0.2, 0.25) is 0 Å². The van der Waals surface area contributed by atoms with Gasteiger partial charge in [0, 0.05) is 6.61 Å². The smallest absolute Gasteiger partial charge is 1.00 e. The first kappa shape index (κ1) is 31.2. The molecule has 0 saturated carbocycles. The van der Waals surface area contributed by atoms with Gasteiger partial charge in [0.05, 0.1) is 0 Å². The molecule has 0 heterocycles. The van der Waals surface area contributed by atoms with Crippen molar-refractivity contribution < 1.29 is 64.0 Å². The maximum atomic E-state index is 8.14. The summed E-state index contributed by atoms with van der Waals surface area (Å²) in [6.45, 7) is 4.25. The molecule has 0 aliphatic heterocycles. The standard InChI is InChI=1S/C4H10O.3ClH.Ti/c1-4(2)3-5;;;;/h4-5H,3H2,1-2H3;3*1H;/q;;;;+3/p-3. The van der Waals surface area contributed by atoms with E-state index < -0.39 is 0 Å². The molecule has 0 aliphatic rings. The molecule has 0 atom stereocenters. The number of halogens is 3. The summed E-state index contributed by atoms with van der Waals surface area (Å²) in [6.07, 6.45) is 0. The van der Waals surface area contributed by atoms with Crippen LogP contribution in [0.3, 0.4) is 0 Å². The van der Waals surface area contributed by atoms with Gasteiger partial charge < -0.3 is 42.3 Å². The second kappa shape index (κ2) is 22.7. The zero-order valence-electron chi connectivity index (χ0n) is 5.37. The number of hydrogen-bond donors (Lipinski definition) is 1. The van der Waals surface area contributed by atoms with Crippen LogP contribution in [0.5, 0.6) is 0 Å². The van der Waals surface area contributed by atoms with Crippen molar-refractivity contribution in [2.24, 2.45) is 5.92 Å². The predicted molar refractivity (Wildman–Crippen MR) is 21.9 cm³/mol. The summed E-state index contributed by atoms with van der Waals surface area (Å²) in [6, 6.07) is 0. The zero-order valence-corrected chi connectivity index (χ0v) is 9.19. The molecule has 1 radical (unpaired) electrons. The third kappa shape index (κ3) is 43.2. The topological polar surface area (TPSA) is 20.2 Å². The predicted octanol–water partition coefficient (Wildman–Crippen LogP) is -8.36. The first-order chi connectivity index (χ1) is 2.27. The van der Waals surface area contributed by atoms with Gasteiger partial charge in [-0.3, -0.25) is 0 Å². The van der Waals surface area contributed by atoms with Gasteiger partial charge in [0.2, 0.25) is 0 Å². The van der Waals surface area contributed by atoms with Gasteiger partial charge in [-0.05, 0) is 5.92 Å². The fourth-order valence-electron chi connectivity index (χ4n) is 0. The van der Waals surface area contributed by atoms with Crippen molar-refractivity contribution in [2.75, 3.05) is 6.61 Å². The van der Waals surface area contributed by atoms with Gasteiger partial charge in [-0.1, -0.05) is 13.8 Å². The molecule has 0 aromatic carbocycles. The summed E-state index contributed by atoms with van der Waals surface area (Å²) in [7, 11) is 0. The second-order valence-electron chi connectivity index (χ2n) is 1.58. The summed E-state index contributed by atoms with van der Waals surface area (Å²) < 4.78 is 0. The van der Waals surface area contributed by atoms with Crippen LogP contribution in [-0.4, -0.2) is 11.7 Å². The van der Waals surface area contributed by atoms with E-state index in [9.17, 15) is 0 Å². The third-order valence-electron chi connectivity index (χ3n) is 0.365. The first-order valence-corrected chi connectivity index (χ1v) is 1.88. The Labute approximate surface area is 90.1 Å². The number of hydrogen-bond acceptors (Lipinski definition) is 1. The molecule has 0 aromatic rings. The van der Waals surface area contributed by atoms with Crippen LogP contribution in [0.25, 0.3) is 0 Å². The maximum absolute atomic E-state index is 8.14. The van der Waals surface area contributed by atoms with Crippen LogP contribution in [0, 0.1) is 5.92 Å². The molecule has 0 amide bonds. The Morgan fingerprint density at radius 3 is 1.22 bits per heavy atom. The van der Waals surface area contributed by atoms with E-state index in [2.05, 4.69) is 0 Å². The summed E-state index contributed by atoms with van der Waals surface area (Å²) >= 11 is 0. The molecule has 0 spiro atoms. The van der Waals surface area contributed by atoms with E-state index in [0.29, 0.717) is 12.5 Å². The number of aliphatic hydroxyl groups is 1. The minimum atomic E-state index is 0. The van der Waals surface area contributed by atoms with Crippen LogP contribution in [0.1, 0.15) is 13.8 Å². The zero-order chi connectivity index (χ0) is 4.28. The molecule has 57 valence electrons. The van der Waals surface area contributed by atoms with Crippen molar-refractivity contribution in [3.63, 3.8) is 0 Å². The van der Waals surface area contributed by atoms with Gasteiger partial charge in [-0.25, -0.2) is 0 Å². The minimum absolute atomic E-state index is 0. The average molecular weight is 228 g/mol. The molecule has 0 fully saturated rings. The summed E-state index contributed by atoms with van der Waals surface area (Å²) in [5.74, 6) is 0.440. The quantitative estimate of drug-likeness (QED) is 0.442. The van der Waals surface area contributed by atoms with Gasteiger partial charge in [0.25, 0.3) is 0 Å². The van der Waals surface area contributed by atoms with Crippen LogP contribution >= 0.6 is 0 Å². The average Bonchev–Trinajstić information content (AvgIpc) is 1.38. The van der Waals surface area contributed by atoms with E-state index in [0.717, 1.165) is 0 Å². The maximum Gasteiger partial charge on any atom is 3.00 e. The third-order valence-corrected chi connectivity index (χ3v) is 0.365. The Hall–Kier alpha value is 1.54. The fraction of sp³-hybridized carbons (Fsp3) is 1.00. The van der Waals surface area contributed by atoms with Gasteiger partial charge >= 0.3 is 21.7 Å². The molecule has 0 aliphatic carbocycles.